The van der Waals surface area contributed by atoms with Gasteiger partial charge in [0.15, 0.2) is 0 Å². The lowest BCUT2D eigenvalue weighted by molar-refractivity contribution is 0.0963. The van der Waals surface area contributed by atoms with Crippen LogP contribution in [0.1, 0.15) is 15.9 Å². The SMILES string of the molecule is CNC(=O)c1ccc(C)c(S)c1. The molecule has 1 N–H and O–H groups in total. The molecule has 0 fully saturated rings. The van der Waals surface area contributed by atoms with Crippen LogP contribution in [0.15, 0.2) is 23.1 Å². The maximum Gasteiger partial charge on any atom is 0.251 e. The second kappa shape index (κ2) is 3.63. The summed E-state index contributed by atoms with van der Waals surface area (Å²) < 4.78 is 0. The molecule has 64 valence electrons. The molecule has 0 aromatic heterocycles. The molecule has 0 radical (unpaired) electrons. The summed E-state index contributed by atoms with van der Waals surface area (Å²) in [7, 11) is 1.61. The average molecular weight is 181 g/mol. The third-order valence-corrected chi connectivity index (χ3v) is 2.18. The molecule has 1 aromatic carbocycles. The van der Waals surface area contributed by atoms with Gasteiger partial charge < -0.3 is 5.32 Å². The molecule has 0 heterocycles. The van der Waals surface area contributed by atoms with Gasteiger partial charge in [-0.15, -0.1) is 12.6 Å². The molecule has 3 heteroatoms. The molecule has 0 atom stereocenters. The molecule has 0 spiro atoms. The zero-order valence-corrected chi connectivity index (χ0v) is 7.98. The third kappa shape index (κ3) is 1.80. The van der Waals surface area contributed by atoms with E-state index in [2.05, 4.69) is 17.9 Å². The second-order valence-electron chi connectivity index (χ2n) is 2.58. The molecule has 0 saturated carbocycles. The van der Waals surface area contributed by atoms with Crippen molar-refractivity contribution in [2.75, 3.05) is 7.05 Å². The zero-order chi connectivity index (χ0) is 9.14. The van der Waals surface area contributed by atoms with E-state index in [0.717, 1.165) is 10.5 Å². The summed E-state index contributed by atoms with van der Waals surface area (Å²) in [6, 6.07) is 5.43. The summed E-state index contributed by atoms with van der Waals surface area (Å²) in [5, 5.41) is 2.56. The van der Waals surface area contributed by atoms with Crippen LogP contribution in [0.5, 0.6) is 0 Å². The van der Waals surface area contributed by atoms with Gasteiger partial charge in [-0.05, 0) is 24.6 Å². The molecular weight excluding hydrogens is 170 g/mol. The first-order valence-corrected chi connectivity index (χ1v) is 4.11. The fourth-order valence-corrected chi connectivity index (χ4v) is 1.11. The van der Waals surface area contributed by atoms with Gasteiger partial charge in [-0.3, -0.25) is 4.79 Å². The maximum atomic E-state index is 11.1. The van der Waals surface area contributed by atoms with Crippen LogP contribution in [0.25, 0.3) is 0 Å². The Morgan fingerprint density at radius 3 is 2.67 bits per heavy atom. The molecule has 0 aliphatic heterocycles. The average Bonchev–Trinajstić information content (AvgIpc) is 2.08. The van der Waals surface area contributed by atoms with Crippen molar-refractivity contribution in [1.82, 2.24) is 5.32 Å². The van der Waals surface area contributed by atoms with Crippen molar-refractivity contribution < 1.29 is 4.79 Å². The lowest BCUT2D eigenvalue weighted by Gasteiger charge is -2.02. The summed E-state index contributed by atoms with van der Waals surface area (Å²) in [4.78, 5) is 12.0. The molecule has 0 aliphatic rings. The Kier molecular flexibility index (Phi) is 2.76. The molecule has 1 amide bonds. The van der Waals surface area contributed by atoms with Gasteiger partial charge in [0.1, 0.15) is 0 Å². The number of hydrogen-bond donors (Lipinski definition) is 2. The van der Waals surface area contributed by atoms with Crippen LogP contribution in [-0.4, -0.2) is 13.0 Å². The first kappa shape index (κ1) is 9.13. The summed E-state index contributed by atoms with van der Waals surface area (Å²) in [5.41, 5.74) is 1.72. The van der Waals surface area contributed by atoms with Crippen LogP contribution in [0.4, 0.5) is 0 Å². The van der Waals surface area contributed by atoms with E-state index in [-0.39, 0.29) is 5.91 Å². The van der Waals surface area contributed by atoms with Crippen molar-refractivity contribution in [2.24, 2.45) is 0 Å². The van der Waals surface area contributed by atoms with Crippen molar-refractivity contribution in [1.29, 1.82) is 0 Å². The van der Waals surface area contributed by atoms with E-state index in [4.69, 9.17) is 0 Å². The number of aryl methyl sites for hydroxylation is 1. The Bertz CT molecular complexity index is 309. The summed E-state index contributed by atoms with van der Waals surface area (Å²) in [6.45, 7) is 1.95. The predicted molar refractivity (Wildman–Crippen MR) is 51.8 cm³/mol. The Hall–Kier alpha value is -0.960. The van der Waals surface area contributed by atoms with Crippen LogP contribution in [0.2, 0.25) is 0 Å². The van der Waals surface area contributed by atoms with Crippen molar-refractivity contribution in [3.05, 3.63) is 29.3 Å². The Labute approximate surface area is 77.4 Å². The molecule has 0 bridgehead atoms. The molecule has 2 nitrogen and oxygen atoms in total. The Morgan fingerprint density at radius 2 is 2.17 bits per heavy atom. The Morgan fingerprint density at radius 1 is 1.50 bits per heavy atom. The van der Waals surface area contributed by atoms with Crippen molar-refractivity contribution in [3.8, 4) is 0 Å². The number of carbonyl (C=O) groups excluding carboxylic acids is 1. The van der Waals surface area contributed by atoms with E-state index in [0.29, 0.717) is 5.56 Å². The van der Waals surface area contributed by atoms with Crippen molar-refractivity contribution >= 4 is 18.5 Å². The van der Waals surface area contributed by atoms with Gasteiger partial charge in [-0.25, -0.2) is 0 Å². The highest BCUT2D eigenvalue weighted by atomic mass is 32.1. The maximum absolute atomic E-state index is 11.1. The Balaban J connectivity index is 3.05. The largest absolute Gasteiger partial charge is 0.355 e. The summed E-state index contributed by atoms with van der Waals surface area (Å²) in [5.74, 6) is -0.0784. The minimum Gasteiger partial charge on any atom is -0.355 e. The number of thiol groups is 1. The number of amides is 1. The van der Waals surface area contributed by atoms with E-state index in [1.54, 1.807) is 19.2 Å². The van der Waals surface area contributed by atoms with Crippen LogP contribution >= 0.6 is 12.6 Å². The second-order valence-corrected chi connectivity index (χ2v) is 3.06. The van der Waals surface area contributed by atoms with Gasteiger partial charge in [0.25, 0.3) is 5.91 Å². The van der Waals surface area contributed by atoms with E-state index in [9.17, 15) is 4.79 Å². The number of benzene rings is 1. The number of rotatable bonds is 1. The minimum atomic E-state index is -0.0784. The third-order valence-electron chi connectivity index (χ3n) is 1.70. The normalized spacial score (nSPS) is 9.58. The lowest BCUT2D eigenvalue weighted by Crippen LogP contribution is -2.17. The first-order valence-electron chi connectivity index (χ1n) is 3.67. The molecule has 1 rings (SSSR count). The highest BCUT2D eigenvalue weighted by Gasteiger charge is 2.03. The molecule has 12 heavy (non-hydrogen) atoms. The summed E-state index contributed by atoms with van der Waals surface area (Å²) >= 11 is 4.22. The standard InChI is InChI=1S/C9H11NOS/c1-6-3-4-7(5-8(6)12)9(11)10-2/h3-5,12H,1-2H3,(H,10,11). The topological polar surface area (TPSA) is 29.1 Å². The number of nitrogens with one attached hydrogen (secondary N) is 1. The smallest absolute Gasteiger partial charge is 0.251 e. The monoisotopic (exact) mass is 181 g/mol. The van der Waals surface area contributed by atoms with Crippen LogP contribution < -0.4 is 5.32 Å². The minimum absolute atomic E-state index is 0.0784. The molecular formula is C9H11NOS. The van der Waals surface area contributed by atoms with E-state index < -0.39 is 0 Å². The number of carbonyl (C=O) groups is 1. The zero-order valence-electron chi connectivity index (χ0n) is 7.09. The van der Waals surface area contributed by atoms with E-state index in [1.807, 2.05) is 13.0 Å². The highest BCUT2D eigenvalue weighted by Crippen LogP contribution is 2.14. The van der Waals surface area contributed by atoms with Gasteiger partial charge in [-0.1, -0.05) is 6.07 Å². The first-order chi connectivity index (χ1) is 5.65. The van der Waals surface area contributed by atoms with Gasteiger partial charge in [0.05, 0.1) is 0 Å². The van der Waals surface area contributed by atoms with Crippen LogP contribution in [0.3, 0.4) is 0 Å². The molecule has 0 saturated heterocycles. The highest BCUT2D eigenvalue weighted by molar-refractivity contribution is 7.80. The number of hydrogen-bond acceptors (Lipinski definition) is 2. The quantitative estimate of drug-likeness (QED) is 0.634. The van der Waals surface area contributed by atoms with E-state index in [1.165, 1.54) is 0 Å². The molecule has 1 aromatic rings. The fourth-order valence-electron chi connectivity index (χ4n) is 0.895. The van der Waals surface area contributed by atoms with Gasteiger partial charge in [0.2, 0.25) is 0 Å². The molecule has 0 unspecified atom stereocenters. The van der Waals surface area contributed by atoms with Crippen molar-refractivity contribution in [3.63, 3.8) is 0 Å². The summed E-state index contributed by atoms with van der Waals surface area (Å²) in [6.07, 6.45) is 0. The fraction of sp³-hybridized carbons (Fsp3) is 0.222. The van der Waals surface area contributed by atoms with E-state index >= 15 is 0 Å². The van der Waals surface area contributed by atoms with Gasteiger partial charge in [-0.2, -0.15) is 0 Å². The van der Waals surface area contributed by atoms with Crippen LogP contribution in [0, 0.1) is 6.92 Å². The van der Waals surface area contributed by atoms with Crippen LogP contribution in [-0.2, 0) is 0 Å². The predicted octanol–water partition coefficient (Wildman–Crippen LogP) is 1.64. The van der Waals surface area contributed by atoms with Crippen molar-refractivity contribution in [2.45, 2.75) is 11.8 Å². The lowest BCUT2D eigenvalue weighted by atomic mass is 10.1. The molecule has 0 aliphatic carbocycles. The van der Waals surface area contributed by atoms with Gasteiger partial charge in [0, 0.05) is 17.5 Å². The van der Waals surface area contributed by atoms with Gasteiger partial charge >= 0.3 is 0 Å².